The molecule has 0 bridgehead atoms. The van der Waals surface area contributed by atoms with E-state index in [0.717, 1.165) is 29.0 Å². The molecule has 0 spiro atoms. The van der Waals surface area contributed by atoms with E-state index >= 15 is 0 Å². The van der Waals surface area contributed by atoms with Crippen molar-refractivity contribution in [2.45, 2.75) is 26.2 Å². The van der Waals surface area contributed by atoms with Gasteiger partial charge in [0, 0.05) is 11.9 Å². The van der Waals surface area contributed by atoms with E-state index in [1.807, 2.05) is 5.38 Å². The van der Waals surface area contributed by atoms with Gasteiger partial charge >= 0.3 is 0 Å². The van der Waals surface area contributed by atoms with Crippen molar-refractivity contribution >= 4 is 39.0 Å². The van der Waals surface area contributed by atoms with E-state index in [4.69, 9.17) is 11.6 Å². The lowest BCUT2D eigenvalue weighted by molar-refractivity contribution is 0.864. The second-order valence-electron chi connectivity index (χ2n) is 5.56. The summed E-state index contributed by atoms with van der Waals surface area (Å²) in [5.74, 6) is 1.39. The van der Waals surface area contributed by atoms with Crippen molar-refractivity contribution < 1.29 is 0 Å². The van der Waals surface area contributed by atoms with Gasteiger partial charge in [-0.2, -0.15) is 0 Å². The summed E-state index contributed by atoms with van der Waals surface area (Å²) >= 11 is 7.75. The van der Waals surface area contributed by atoms with Gasteiger partial charge in [0.2, 0.25) is 0 Å². The average Bonchev–Trinajstić information content (AvgIpc) is 2.90. The SMILES string of the molecule is CC(C)c1ccc(CCNc2ncnc3scc(Cl)c23)cc1. The first-order chi connectivity index (χ1) is 10.6. The van der Waals surface area contributed by atoms with E-state index in [2.05, 4.69) is 53.4 Å². The highest BCUT2D eigenvalue weighted by molar-refractivity contribution is 7.17. The van der Waals surface area contributed by atoms with Gasteiger partial charge in [-0.1, -0.05) is 49.7 Å². The Kier molecular flexibility index (Phi) is 4.60. The lowest BCUT2D eigenvalue weighted by atomic mass is 10.0. The molecule has 1 N–H and O–H groups in total. The maximum absolute atomic E-state index is 6.21. The Labute approximate surface area is 139 Å². The van der Waals surface area contributed by atoms with Gasteiger partial charge in [-0.25, -0.2) is 9.97 Å². The molecule has 0 aliphatic carbocycles. The van der Waals surface area contributed by atoms with Crippen molar-refractivity contribution in [2.75, 3.05) is 11.9 Å². The molecule has 3 aromatic rings. The normalized spacial score (nSPS) is 11.3. The second-order valence-corrected chi connectivity index (χ2v) is 6.82. The third-order valence-electron chi connectivity index (χ3n) is 3.68. The van der Waals surface area contributed by atoms with E-state index in [9.17, 15) is 0 Å². The third-order valence-corrected chi connectivity index (χ3v) is 4.99. The van der Waals surface area contributed by atoms with Crippen molar-refractivity contribution in [2.24, 2.45) is 0 Å². The van der Waals surface area contributed by atoms with E-state index in [0.29, 0.717) is 10.9 Å². The van der Waals surface area contributed by atoms with E-state index < -0.39 is 0 Å². The predicted molar refractivity (Wildman–Crippen MR) is 95.1 cm³/mol. The lowest BCUT2D eigenvalue weighted by Gasteiger charge is -2.09. The van der Waals surface area contributed by atoms with E-state index in [1.54, 1.807) is 6.33 Å². The second kappa shape index (κ2) is 6.63. The predicted octanol–water partition coefficient (Wildman–Crippen LogP) is 5.12. The number of hydrogen-bond donors (Lipinski definition) is 1. The molecule has 5 heteroatoms. The van der Waals surface area contributed by atoms with Crippen LogP contribution in [0.3, 0.4) is 0 Å². The van der Waals surface area contributed by atoms with Crippen molar-refractivity contribution in [1.82, 2.24) is 9.97 Å². The molecular formula is C17H18ClN3S. The summed E-state index contributed by atoms with van der Waals surface area (Å²) in [6.07, 6.45) is 2.53. The van der Waals surface area contributed by atoms with Crippen LogP contribution < -0.4 is 5.32 Å². The molecule has 114 valence electrons. The number of anilines is 1. The molecule has 0 atom stereocenters. The summed E-state index contributed by atoms with van der Waals surface area (Å²) in [4.78, 5) is 9.47. The average molecular weight is 332 g/mol. The molecule has 0 aliphatic heterocycles. The van der Waals surface area contributed by atoms with Crippen molar-refractivity contribution in [1.29, 1.82) is 0 Å². The lowest BCUT2D eigenvalue weighted by Crippen LogP contribution is -2.07. The van der Waals surface area contributed by atoms with Crippen molar-refractivity contribution in [3.8, 4) is 0 Å². The minimum atomic E-state index is 0.571. The fraction of sp³-hybridized carbons (Fsp3) is 0.294. The summed E-state index contributed by atoms with van der Waals surface area (Å²) in [5, 5.41) is 6.90. The van der Waals surface area contributed by atoms with Gasteiger partial charge in [-0.3, -0.25) is 0 Å². The van der Waals surface area contributed by atoms with Gasteiger partial charge in [0.1, 0.15) is 17.0 Å². The molecule has 0 fully saturated rings. The van der Waals surface area contributed by atoms with Gasteiger partial charge in [0.25, 0.3) is 0 Å². The Hall–Kier alpha value is -1.65. The molecular weight excluding hydrogens is 314 g/mol. The molecule has 0 radical (unpaired) electrons. The van der Waals surface area contributed by atoms with Crippen LogP contribution in [-0.4, -0.2) is 16.5 Å². The van der Waals surface area contributed by atoms with Crippen LogP contribution in [0.15, 0.2) is 36.0 Å². The van der Waals surface area contributed by atoms with Gasteiger partial charge in [-0.05, 0) is 23.5 Å². The fourth-order valence-electron chi connectivity index (χ4n) is 2.37. The largest absolute Gasteiger partial charge is 0.369 e. The smallest absolute Gasteiger partial charge is 0.139 e. The van der Waals surface area contributed by atoms with E-state index in [-0.39, 0.29) is 0 Å². The number of nitrogens with zero attached hydrogens (tertiary/aromatic N) is 2. The molecule has 22 heavy (non-hydrogen) atoms. The molecule has 0 saturated heterocycles. The number of nitrogens with one attached hydrogen (secondary N) is 1. The molecule has 0 aliphatic rings. The minimum absolute atomic E-state index is 0.571. The van der Waals surface area contributed by atoms with Crippen LogP contribution in [-0.2, 0) is 6.42 Å². The molecule has 2 heterocycles. The standard InChI is InChI=1S/C17H18ClN3S/c1-11(2)13-5-3-12(4-6-13)7-8-19-16-15-14(18)9-22-17(15)21-10-20-16/h3-6,9-11H,7-8H2,1-2H3,(H,19,20,21). The zero-order chi connectivity index (χ0) is 15.5. The first kappa shape index (κ1) is 15.3. The van der Waals surface area contributed by atoms with Crippen LogP contribution in [0.4, 0.5) is 5.82 Å². The number of halogens is 1. The Balaban J connectivity index is 1.66. The van der Waals surface area contributed by atoms with Crippen LogP contribution in [0.2, 0.25) is 5.02 Å². The van der Waals surface area contributed by atoms with Gasteiger partial charge in [0.05, 0.1) is 10.4 Å². The number of rotatable bonds is 5. The maximum Gasteiger partial charge on any atom is 0.139 e. The summed E-state index contributed by atoms with van der Waals surface area (Å²) in [6.45, 7) is 5.24. The first-order valence-corrected chi connectivity index (χ1v) is 8.61. The fourth-order valence-corrected chi connectivity index (χ4v) is 3.50. The summed E-state index contributed by atoms with van der Waals surface area (Å²) in [6, 6.07) is 8.81. The number of hydrogen-bond acceptors (Lipinski definition) is 4. The Bertz CT molecular complexity index is 765. The quantitative estimate of drug-likeness (QED) is 0.704. The summed E-state index contributed by atoms with van der Waals surface area (Å²) < 4.78 is 0. The molecule has 0 unspecified atom stereocenters. The Morgan fingerprint density at radius 2 is 1.95 bits per heavy atom. The zero-order valence-corrected chi connectivity index (χ0v) is 14.2. The Morgan fingerprint density at radius 1 is 1.18 bits per heavy atom. The summed E-state index contributed by atoms with van der Waals surface area (Å²) in [7, 11) is 0. The van der Waals surface area contributed by atoms with Crippen LogP contribution in [0.1, 0.15) is 30.9 Å². The topological polar surface area (TPSA) is 37.8 Å². The Morgan fingerprint density at radius 3 is 2.68 bits per heavy atom. The van der Waals surface area contributed by atoms with Crippen molar-refractivity contribution in [3.05, 3.63) is 52.1 Å². The number of fused-ring (bicyclic) bond motifs is 1. The molecule has 0 amide bonds. The monoisotopic (exact) mass is 331 g/mol. The number of thiophene rings is 1. The van der Waals surface area contributed by atoms with Crippen LogP contribution in [0.25, 0.3) is 10.2 Å². The highest BCUT2D eigenvalue weighted by atomic mass is 35.5. The highest BCUT2D eigenvalue weighted by Crippen LogP contribution is 2.32. The van der Waals surface area contributed by atoms with Crippen molar-refractivity contribution in [3.63, 3.8) is 0 Å². The molecule has 3 nitrogen and oxygen atoms in total. The van der Waals surface area contributed by atoms with Gasteiger partial charge < -0.3 is 5.32 Å². The molecule has 3 rings (SSSR count). The van der Waals surface area contributed by atoms with Crippen LogP contribution >= 0.6 is 22.9 Å². The van der Waals surface area contributed by atoms with E-state index in [1.165, 1.54) is 22.5 Å². The van der Waals surface area contributed by atoms with Crippen LogP contribution in [0.5, 0.6) is 0 Å². The van der Waals surface area contributed by atoms with Crippen LogP contribution in [0, 0.1) is 0 Å². The van der Waals surface area contributed by atoms with Gasteiger partial charge in [0.15, 0.2) is 0 Å². The minimum Gasteiger partial charge on any atom is -0.369 e. The van der Waals surface area contributed by atoms with Gasteiger partial charge in [-0.15, -0.1) is 11.3 Å². The first-order valence-electron chi connectivity index (χ1n) is 7.35. The molecule has 0 saturated carbocycles. The number of benzene rings is 1. The molecule has 1 aromatic carbocycles. The summed E-state index contributed by atoms with van der Waals surface area (Å²) in [5.41, 5.74) is 2.69. The number of aromatic nitrogens is 2. The molecule has 2 aromatic heterocycles. The zero-order valence-electron chi connectivity index (χ0n) is 12.6. The maximum atomic E-state index is 6.21. The highest BCUT2D eigenvalue weighted by Gasteiger charge is 2.09. The third kappa shape index (κ3) is 3.23.